The van der Waals surface area contributed by atoms with Gasteiger partial charge in [-0.3, -0.25) is 9.69 Å². The molecule has 0 saturated carbocycles. The molecular weight excluding hydrogens is 536 g/mol. The van der Waals surface area contributed by atoms with Gasteiger partial charge >= 0.3 is 0 Å². The third kappa shape index (κ3) is 6.44. The van der Waals surface area contributed by atoms with Gasteiger partial charge in [-0.15, -0.1) is 0 Å². The Labute approximate surface area is 234 Å². The Hall–Kier alpha value is -2.57. The summed E-state index contributed by atoms with van der Waals surface area (Å²) < 4.78 is 41.0. The van der Waals surface area contributed by atoms with Gasteiger partial charge in [0.05, 0.1) is 31.8 Å². The number of benzene rings is 2. The number of nitrogens with zero attached hydrogens (tertiary/aromatic N) is 3. The number of para-hydroxylation sites is 1. The van der Waals surface area contributed by atoms with E-state index < -0.39 is 10.0 Å². The first kappa shape index (κ1) is 28.0. The first-order valence-electron chi connectivity index (χ1n) is 13.3. The SMILES string of the molecule is COc1ccc(S(=O)(=O)N2CCc3c(n(CC(=O)NCCSCCN4CCOCC4)c4ccccc34)C2)cc1. The number of carbonyl (C=O) groups is 1. The second-order valence-corrected chi connectivity index (χ2v) is 12.9. The van der Waals surface area contributed by atoms with Gasteiger partial charge in [0.2, 0.25) is 15.9 Å². The van der Waals surface area contributed by atoms with Crippen molar-refractivity contribution in [2.24, 2.45) is 0 Å². The molecule has 0 bridgehead atoms. The normalized spacial score (nSPS) is 16.7. The number of ether oxygens (including phenoxy) is 2. The maximum absolute atomic E-state index is 13.5. The number of hydrogen-bond donors (Lipinski definition) is 1. The summed E-state index contributed by atoms with van der Waals surface area (Å²) in [5.41, 5.74) is 2.97. The summed E-state index contributed by atoms with van der Waals surface area (Å²) in [5, 5.41) is 4.13. The van der Waals surface area contributed by atoms with E-state index in [9.17, 15) is 13.2 Å². The molecule has 9 nitrogen and oxygen atoms in total. The van der Waals surface area contributed by atoms with Crippen molar-refractivity contribution in [3.05, 3.63) is 59.8 Å². The van der Waals surface area contributed by atoms with Crippen LogP contribution in [0, 0.1) is 0 Å². The Morgan fingerprint density at radius 2 is 1.82 bits per heavy atom. The maximum Gasteiger partial charge on any atom is 0.243 e. The molecule has 0 radical (unpaired) electrons. The predicted octanol–water partition coefficient (Wildman–Crippen LogP) is 2.58. The van der Waals surface area contributed by atoms with Crippen molar-refractivity contribution in [1.82, 2.24) is 19.1 Å². The topological polar surface area (TPSA) is 93.1 Å². The maximum atomic E-state index is 13.5. The molecule has 5 rings (SSSR count). The third-order valence-corrected chi connectivity index (χ3v) is 10.2. The van der Waals surface area contributed by atoms with E-state index >= 15 is 0 Å². The van der Waals surface area contributed by atoms with Crippen LogP contribution < -0.4 is 10.1 Å². The van der Waals surface area contributed by atoms with Gasteiger partial charge in [-0.25, -0.2) is 8.42 Å². The molecule has 3 heterocycles. The smallest absolute Gasteiger partial charge is 0.243 e. The number of rotatable bonds is 11. The monoisotopic (exact) mass is 572 g/mol. The van der Waals surface area contributed by atoms with E-state index in [0.29, 0.717) is 25.3 Å². The highest BCUT2D eigenvalue weighted by molar-refractivity contribution is 7.99. The van der Waals surface area contributed by atoms with Gasteiger partial charge in [-0.1, -0.05) is 18.2 Å². The lowest BCUT2D eigenvalue weighted by Crippen LogP contribution is -2.38. The van der Waals surface area contributed by atoms with Crippen molar-refractivity contribution in [2.45, 2.75) is 24.4 Å². The van der Waals surface area contributed by atoms with Crippen molar-refractivity contribution >= 4 is 38.6 Å². The first-order chi connectivity index (χ1) is 19.0. The summed E-state index contributed by atoms with van der Waals surface area (Å²) in [7, 11) is -2.14. The molecule has 2 aromatic carbocycles. The Balaban J connectivity index is 1.23. The molecule has 1 aromatic heterocycles. The van der Waals surface area contributed by atoms with E-state index in [1.165, 1.54) is 4.31 Å². The standard InChI is InChI=1S/C28H36N4O5S2/c1-36-22-6-8-23(9-7-22)39(34,35)31-12-10-25-24-4-2-3-5-26(24)32(27(25)20-31)21-28(33)29-11-18-38-19-15-30-13-16-37-17-14-30/h2-9H,10-21H2,1H3,(H,29,33). The minimum Gasteiger partial charge on any atom is -0.497 e. The van der Waals surface area contributed by atoms with Gasteiger partial charge in [0.25, 0.3) is 0 Å². The molecule has 0 spiro atoms. The van der Waals surface area contributed by atoms with Crippen molar-refractivity contribution in [3.63, 3.8) is 0 Å². The average Bonchev–Trinajstić information content (AvgIpc) is 3.28. The zero-order valence-corrected chi connectivity index (χ0v) is 23.9. The molecule has 1 saturated heterocycles. The van der Waals surface area contributed by atoms with Crippen LogP contribution in [-0.2, 0) is 39.1 Å². The second kappa shape index (κ2) is 12.7. The fourth-order valence-electron chi connectivity index (χ4n) is 5.24. The summed E-state index contributed by atoms with van der Waals surface area (Å²) in [6, 6.07) is 14.5. The van der Waals surface area contributed by atoms with E-state index in [-0.39, 0.29) is 23.9 Å². The van der Waals surface area contributed by atoms with Gasteiger partial charge in [0, 0.05) is 60.8 Å². The van der Waals surface area contributed by atoms with Crippen LogP contribution in [0.4, 0.5) is 0 Å². The third-order valence-electron chi connectivity index (χ3n) is 7.35. The lowest BCUT2D eigenvalue weighted by atomic mass is 10.0. The van der Waals surface area contributed by atoms with E-state index in [0.717, 1.165) is 66.5 Å². The number of morpholine rings is 1. The highest BCUT2D eigenvalue weighted by Crippen LogP contribution is 2.33. The number of sulfonamides is 1. The molecule has 2 aliphatic rings. The Morgan fingerprint density at radius 3 is 2.59 bits per heavy atom. The van der Waals surface area contributed by atoms with E-state index in [2.05, 4.69) is 16.3 Å². The highest BCUT2D eigenvalue weighted by atomic mass is 32.2. The first-order valence-corrected chi connectivity index (χ1v) is 15.9. The van der Waals surface area contributed by atoms with Crippen LogP contribution in [0.5, 0.6) is 5.75 Å². The number of aromatic nitrogens is 1. The average molecular weight is 573 g/mol. The number of carbonyl (C=O) groups excluding carboxylic acids is 1. The Morgan fingerprint density at radius 1 is 1.05 bits per heavy atom. The molecule has 2 aliphatic heterocycles. The molecule has 1 N–H and O–H groups in total. The highest BCUT2D eigenvalue weighted by Gasteiger charge is 2.32. The Bertz CT molecular complexity index is 1380. The molecule has 0 aliphatic carbocycles. The fraction of sp³-hybridized carbons (Fsp3) is 0.464. The van der Waals surface area contributed by atoms with Crippen LogP contribution in [-0.4, -0.2) is 92.7 Å². The molecule has 210 valence electrons. The molecule has 11 heteroatoms. The second-order valence-electron chi connectivity index (χ2n) is 9.71. The van der Waals surface area contributed by atoms with Crippen LogP contribution in [0.3, 0.4) is 0 Å². The minimum absolute atomic E-state index is 0.0672. The molecule has 3 aromatic rings. The molecule has 1 fully saturated rings. The lowest BCUT2D eigenvalue weighted by molar-refractivity contribution is -0.121. The molecule has 1 amide bonds. The number of thioether (sulfide) groups is 1. The van der Waals surface area contributed by atoms with Crippen LogP contribution in [0.25, 0.3) is 10.9 Å². The number of amides is 1. The number of methoxy groups -OCH3 is 1. The van der Waals surface area contributed by atoms with E-state index in [1.54, 1.807) is 31.4 Å². The minimum atomic E-state index is -3.69. The number of fused-ring (bicyclic) bond motifs is 3. The van der Waals surface area contributed by atoms with Gasteiger partial charge in [-0.2, -0.15) is 16.1 Å². The largest absolute Gasteiger partial charge is 0.497 e. The summed E-state index contributed by atoms with van der Waals surface area (Å²) in [5.74, 6) is 2.43. The molecule has 0 atom stereocenters. The lowest BCUT2D eigenvalue weighted by Gasteiger charge is -2.28. The molecule has 0 unspecified atom stereocenters. The van der Waals surface area contributed by atoms with Gasteiger partial charge in [0.1, 0.15) is 12.3 Å². The van der Waals surface area contributed by atoms with Crippen molar-refractivity contribution in [3.8, 4) is 5.75 Å². The zero-order chi connectivity index (χ0) is 27.2. The van der Waals surface area contributed by atoms with Gasteiger partial charge in [-0.05, 0) is 42.3 Å². The van der Waals surface area contributed by atoms with Gasteiger partial charge in [0.15, 0.2) is 0 Å². The quantitative estimate of drug-likeness (QED) is 0.353. The summed E-state index contributed by atoms with van der Waals surface area (Å²) in [6.45, 7) is 6.02. The summed E-state index contributed by atoms with van der Waals surface area (Å²) >= 11 is 1.84. The molecule has 39 heavy (non-hydrogen) atoms. The van der Waals surface area contributed by atoms with Gasteiger partial charge < -0.3 is 19.4 Å². The Kier molecular flexibility index (Phi) is 9.13. The van der Waals surface area contributed by atoms with E-state index in [4.69, 9.17) is 9.47 Å². The molecular formula is C28H36N4O5S2. The summed E-state index contributed by atoms with van der Waals surface area (Å²) in [6.07, 6.45) is 0.597. The van der Waals surface area contributed by atoms with Crippen molar-refractivity contribution < 1.29 is 22.7 Å². The van der Waals surface area contributed by atoms with Crippen LogP contribution in [0.1, 0.15) is 11.3 Å². The van der Waals surface area contributed by atoms with Crippen molar-refractivity contribution in [2.75, 3.05) is 64.6 Å². The number of nitrogens with one attached hydrogen (secondary N) is 1. The van der Waals surface area contributed by atoms with Crippen molar-refractivity contribution in [1.29, 1.82) is 0 Å². The van der Waals surface area contributed by atoms with Crippen LogP contribution >= 0.6 is 11.8 Å². The van der Waals surface area contributed by atoms with E-state index in [1.807, 2.05) is 34.5 Å². The van der Waals surface area contributed by atoms with Crippen LogP contribution in [0.2, 0.25) is 0 Å². The summed E-state index contributed by atoms with van der Waals surface area (Å²) in [4.78, 5) is 15.6. The predicted molar refractivity (Wildman–Crippen MR) is 154 cm³/mol. The zero-order valence-electron chi connectivity index (χ0n) is 22.3. The van der Waals surface area contributed by atoms with Crippen LogP contribution in [0.15, 0.2) is 53.4 Å². The number of hydrogen-bond acceptors (Lipinski definition) is 7. The fourth-order valence-corrected chi connectivity index (χ4v) is 7.48.